The van der Waals surface area contributed by atoms with Gasteiger partial charge in [0.2, 0.25) is 11.8 Å². The van der Waals surface area contributed by atoms with Crippen LogP contribution in [0.4, 0.5) is 10.1 Å². The molecule has 1 N–H and O–H groups in total. The van der Waals surface area contributed by atoms with Crippen molar-refractivity contribution in [3.05, 3.63) is 65.5 Å². The molecule has 4 rings (SSSR count). The van der Waals surface area contributed by atoms with E-state index >= 15 is 0 Å². The predicted octanol–water partition coefficient (Wildman–Crippen LogP) is 3.29. The van der Waals surface area contributed by atoms with E-state index in [2.05, 4.69) is 5.32 Å². The summed E-state index contributed by atoms with van der Waals surface area (Å²) < 4.78 is 13.2. The molecule has 27 heavy (non-hydrogen) atoms. The van der Waals surface area contributed by atoms with Crippen molar-refractivity contribution >= 4 is 23.4 Å². The van der Waals surface area contributed by atoms with E-state index < -0.39 is 5.54 Å². The lowest BCUT2D eigenvalue weighted by atomic mass is 9.71. The Labute approximate surface area is 156 Å². The fourth-order valence-electron chi connectivity index (χ4n) is 3.70. The van der Waals surface area contributed by atoms with Gasteiger partial charge in [0.1, 0.15) is 5.82 Å². The Morgan fingerprint density at radius 3 is 2.04 bits per heavy atom. The van der Waals surface area contributed by atoms with E-state index in [1.54, 1.807) is 36.4 Å². The van der Waals surface area contributed by atoms with Crippen molar-refractivity contribution in [1.29, 1.82) is 0 Å². The first-order valence-electron chi connectivity index (χ1n) is 9.03. The Kier molecular flexibility index (Phi) is 4.26. The Morgan fingerprint density at radius 1 is 0.926 bits per heavy atom. The molecule has 0 atom stereocenters. The molecule has 1 aliphatic heterocycles. The highest BCUT2D eigenvalue weighted by molar-refractivity contribution is 6.19. The molecule has 1 aliphatic carbocycles. The van der Waals surface area contributed by atoms with Crippen molar-refractivity contribution in [3.8, 4) is 0 Å². The number of benzene rings is 2. The van der Waals surface area contributed by atoms with Gasteiger partial charge in [-0.15, -0.1) is 0 Å². The second-order valence-electron chi connectivity index (χ2n) is 7.07. The van der Waals surface area contributed by atoms with Crippen LogP contribution in [0.15, 0.2) is 48.5 Å². The third-order valence-electron chi connectivity index (χ3n) is 5.40. The number of amides is 3. The summed E-state index contributed by atoms with van der Waals surface area (Å²) in [5.41, 5.74) is 1.36. The van der Waals surface area contributed by atoms with E-state index in [-0.39, 0.29) is 36.4 Å². The van der Waals surface area contributed by atoms with Crippen LogP contribution < -0.4 is 10.2 Å². The highest BCUT2D eigenvalue weighted by Gasteiger charge is 2.40. The first-order chi connectivity index (χ1) is 13.0. The minimum atomic E-state index is -0.468. The molecular weight excluding hydrogens is 347 g/mol. The monoisotopic (exact) mass is 366 g/mol. The summed E-state index contributed by atoms with van der Waals surface area (Å²) in [5.74, 6) is -0.977. The van der Waals surface area contributed by atoms with Gasteiger partial charge in [-0.3, -0.25) is 19.3 Å². The minimum absolute atomic E-state index is 0.220. The van der Waals surface area contributed by atoms with Crippen LogP contribution in [0.5, 0.6) is 0 Å². The smallest absolute Gasteiger partial charge is 0.251 e. The molecule has 3 amide bonds. The van der Waals surface area contributed by atoms with E-state index in [1.807, 2.05) is 0 Å². The van der Waals surface area contributed by atoms with Crippen LogP contribution in [0.1, 0.15) is 48.0 Å². The molecule has 2 aromatic carbocycles. The van der Waals surface area contributed by atoms with Gasteiger partial charge in [0, 0.05) is 18.4 Å². The molecule has 2 fully saturated rings. The third-order valence-corrected chi connectivity index (χ3v) is 5.40. The SMILES string of the molecule is O=C(NC1(c2ccc(F)cc2)CCC1)c1ccc(N2C(=O)CCC2=O)cc1. The number of halogens is 1. The number of carbonyl (C=O) groups is 3. The molecule has 6 heteroatoms. The summed E-state index contributed by atoms with van der Waals surface area (Å²) in [5, 5.41) is 3.08. The predicted molar refractivity (Wildman–Crippen MR) is 97.6 cm³/mol. The zero-order valence-corrected chi connectivity index (χ0v) is 14.7. The summed E-state index contributed by atoms with van der Waals surface area (Å²) >= 11 is 0. The van der Waals surface area contributed by atoms with Crippen LogP contribution in [0.2, 0.25) is 0 Å². The maximum atomic E-state index is 13.2. The fraction of sp³-hybridized carbons (Fsp3) is 0.286. The summed E-state index contributed by atoms with van der Waals surface area (Å²) in [6, 6.07) is 12.7. The average Bonchev–Trinajstić information content (AvgIpc) is 2.97. The maximum Gasteiger partial charge on any atom is 0.251 e. The lowest BCUT2D eigenvalue weighted by Gasteiger charge is -2.43. The molecule has 0 bridgehead atoms. The first-order valence-corrected chi connectivity index (χ1v) is 9.03. The number of nitrogens with one attached hydrogen (secondary N) is 1. The van der Waals surface area contributed by atoms with Crippen LogP contribution in [0, 0.1) is 5.82 Å². The molecule has 2 aromatic rings. The molecule has 1 saturated carbocycles. The Balaban J connectivity index is 1.52. The lowest BCUT2D eigenvalue weighted by molar-refractivity contribution is -0.121. The van der Waals surface area contributed by atoms with Gasteiger partial charge < -0.3 is 5.32 Å². The number of hydrogen-bond acceptors (Lipinski definition) is 3. The number of imide groups is 1. The third kappa shape index (κ3) is 3.12. The standard InChI is InChI=1S/C21H19FN2O3/c22-16-6-4-15(5-7-16)21(12-1-13-21)23-20(27)14-2-8-17(9-3-14)24-18(25)10-11-19(24)26/h2-9H,1,10-13H2,(H,23,27). The van der Waals surface area contributed by atoms with Crippen molar-refractivity contribution in [2.75, 3.05) is 4.90 Å². The highest BCUT2D eigenvalue weighted by Crippen LogP contribution is 2.41. The van der Waals surface area contributed by atoms with E-state index in [0.29, 0.717) is 11.3 Å². The van der Waals surface area contributed by atoms with Gasteiger partial charge >= 0.3 is 0 Å². The highest BCUT2D eigenvalue weighted by atomic mass is 19.1. The average molecular weight is 366 g/mol. The summed E-state index contributed by atoms with van der Waals surface area (Å²) in [4.78, 5) is 37.5. The van der Waals surface area contributed by atoms with Gasteiger partial charge in [-0.1, -0.05) is 12.1 Å². The zero-order chi connectivity index (χ0) is 19.0. The van der Waals surface area contributed by atoms with Gasteiger partial charge in [-0.05, 0) is 61.2 Å². The van der Waals surface area contributed by atoms with Crippen LogP contribution in [-0.4, -0.2) is 17.7 Å². The number of hydrogen-bond donors (Lipinski definition) is 1. The molecule has 0 aromatic heterocycles. The van der Waals surface area contributed by atoms with Gasteiger partial charge in [0.05, 0.1) is 11.2 Å². The molecule has 0 spiro atoms. The van der Waals surface area contributed by atoms with E-state index in [1.165, 1.54) is 12.1 Å². The maximum absolute atomic E-state index is 13.2. The van der Waals surface area contributed by atoms with Crippen LogP contribution in [0.3, 0.4) is 0 Å². The van der Waals surface area contributed by atoms with Gasteiger partial charge in [-0.2, -0.15) is 0 Å². The van der Waals surface area contributed by atoms with Crippen LogP contribution in [-0.2, 0) is 15.1 Å². The van der Waals surface area contributed by atoms with Crippen molar-refractivity contribution in [2.45, 2.75) is 37.6 Å². The molecule has 0 radical (unpaired) electrons. The number of anilines is 1. The minimum Gasteiger partial charge on any atom is -0.343 e. The van der Waals surface area contributed by atoms with Gasteiger partial charge in [0.25, 0.3) is 5.91 Å². The van der Waals surface area contributed by atoms with Gasteiger partial charge in [0.15, 0.2) is 0 Å². The Morgan fingerprint density at radius 2 is 1.52 bits per heavy atom. The van der Waals surface area contributed by atoms with Crippen molar-refractivity contribution < 1.29 is 18.8 Å². The van der Waals surface area contributed by atoms with Crippen molar-refractivity contribution in [3.63, 3.8) is 0 Å². The molecule has 2 aliphatic rings. The molecule has 5 nitrogen and oxygen atoms in total. The second kappa shape index (κ2) is 6.61. The zero-order valence-electron chi connectivity index (χ0n) is 14.7. The quantitative estimate of drug-likeness (QED) is 0.845. The first kappa shape index (κ1) is 17.4. The van der Waals surface area contributed by atoms with Gasteiger partial charge in [-0.25, -0.2) is 4.39 Å². The van der Waals surface area contributed by atoms with E-state index in [9.17, 15) is 18.8 Å². The molecular formula is C21H19FN2O3. The summed E-state index contributed by atoms with van der Waals surface area (Å²) in [7, 11) is 0. The normalized spacial score (nSPS) is 18.3. The second-order valence-corrected chi connectivity index (χ2v) is 7.07. The molecule has 1 heterocycles. The van der Waals surface area contributed by atoms with E-state index in [0.717, 1.165) is 29.7 Å². The van der Waals surface area contributed by atoms with Crippen molar-refractivity contribution in [2.24, 2.45) is 0 Å². The Hall–Kier alpha value is -3.02. The fourth-order valence-corrected chi connectivity index (χ4v) is 3.70. The lowest BCUT2D eigenvalue weighted by Crippen LogP contribution is -2.50. The molecule has 138 valence electrons. The van der Waals surface area contributed by atoms with Crippen molar-refractivity contribution in [1.82, 2.24) is 5.32 Å². The molecule has 0 unspecified atom stereocenters. The summed E-state index contributed by atoms with van der Waals surface area (Å²) in [6.45, 7) is 0. The largest absolute Gasteiger partial charge is 0.343 e. The number of carbonyl (C=O) groups excluding carboxylic acids is 3. The Bertz CT molecular complexity index is 886. The number of rotatable bonds is 4. The summed E-state index contributed by atoms with van der Waals surface area (Å²) in [6.07, 6.45) is 3.05. The topological polar surface area (TPSA) is 66.5 Å². The van der Waals surface area contributed by atoms with Crippen LogP contribution in [0.25, 0.3) is 0 Å². The molecule has 1 saturated heterocycles. The van der Waals surface area contributed by atoms with E-state index in [4.69, 9.17) is 0 Å². The number of nitrogens with zero attached hydrogens (tertiary/aromatic N) is 1. The van der Waals surface area contributed by atoms with Crippen LogP contribution >= 0.6 is 0 Å².